The summed E-state index contributed by atoms with van der Waals surface area (Å²) in [4.78, 5) is 0. The molecule has 256 valence electrons. The van der Waals surface area contributed by atoms with E-state index in [1.165, 1.54) is 24.3 Å². The number of hydrogen-bond acceptors (Lipinski definition) is 7. The average molecular weight is 672 g/mol. The molecule has 0 bridgehead atoms. The fraction of sp³-hybridized carbons (Fsp3) is 0.455. The van der Waals surface area contributed by atoms with Gasteiger partial charge < -0.3 is 38.6 Å². The van der Waals surface area contributed by atoms with Crippen LogP contribution in [0.15, 0.2) is 72.8 Å². The molecule has 3 aromatic carbocycles. The maximum absolute atomic E-state index is 13.8. The van der Waals surface area contributed by atoms with Crippen molar-refractivity contribution in [3.63, 3.8) is 0 Å². The molecule has 2 aliphatic rings. The van der Waals surface area contributed by atoms with Crippen molar-refractivity contribution in [2.75, 3.05) is 26.3 Å². The fourth-order valence-corrected chi connectivity index (χ4v) is 6.13. The zero-order chi connectivity index (χ0) is 34.1. The fourth-order valence-electron chi connectivity index (χ4n) is 6.13. The van der Waals surface area contributed by atoms with Gasteiger partial charge in [-0.2, -0.15) is 0 Å². The van der Waals surface area contributed by atoms with E-state index in [-0.39, 0.29) is 49.7 Å². The summed E-state index contributed by atoms with van der Waals surface area (Å²) in [6.45, 7) is 4.78. The van der Waals surface area contributed by atoms with E-state index in [0.717, 1.165) is 29.8 Å². The van der Waals surface area contributed by atoms with Crippen molar-refractivity contribution in [2.24, 2.45) is 5.92 Å². The molecule has 2 aliphatic heterocycles. The maximum Gasteiger partial charge on any atom is 0.573 e. The minimum atomic E-state index is -4.92. The molecular weight excluding hydrogens is 636 g/mol. The van der Waals surface area contributed by atoms with Crippen molar-refractivity contribution in [2.45, 2.75) is 63.5 Å². The summed E-state index contributed by atoms with van der Waals surface area (Å²) in [6, 6.07) is 16.4. The standard InChI is InChI=1S/C33H35F6NO7/c1-30(2)44-21-29(45-30)20-43-26-9-3-22(4-10-26)19-40(42)17-15-25(16-18-40)31(41,23-5-11-27(12-6-23)46-32(34,35)36)24-7-13-28(14-8-24)47-33(37,38)39/h3-14,25,29,41H,15-21H2,1-2H3. The highest BCUT2D eigenvalue weighted by Gasteiger charge is 2.44. The molecule has 5 rings (SSSR count). The quantitative estimate of drug-likeness (QED) is 0.139. The summed E-state index contributed by atoms with van der Waals surface area (Å²) in [6.07, 6.45) is -9.59. The van der Waals surface area contributed by atoms with Crippen LogP contribution in [0, 0.1) is 11.1 Å². The molecule has 0 saturated carbocycles. The van der Waals surface area contributed by atoms with Crippen LogP contribution in [0.25, 0.3) is 0 Å². The molecule has 3 aromatic rings. The second-order valence-corrected chi connectivity index (χ2v) is 12.3. The average Bonchev–Trinajstić information content (AvgIpc) is 3.34. The van der Waals surface area contributed by atoms with Crippen molar-refractivity contribution in [3.8, 4) is 17.2 Å². The van der Waals surface area contributed by atoms with Gasteiger partial charge in [-0.25, -0.2) is 0 Å². The number of ether oxygens (including phenoxy) is 5. The molecule has 1 atom stereocenters. The molecule has 1 N–H and O–H groups in total. The van der Waals surface area contributed by atoms with E-state index in [2.05, 4.69) is 9.47 Å². The molecule has 0 radical (unpaired) electrons. The molecule has 8 nitrogen and oxygen atoms in total. The number of benzene rings is 3. The molecular formula is C33H35F6NO7. The lowest BCUT2D eigenvalue weighted by molar-refractivity contribution is -0.900. The predicted molar refractivity (Wildman–Crippen MR) is 156 cm³/mol. The van der Waals surface area contributed by atoms with Crippen LogP contribution in [0.5, 0.6) is 17.2 Å². The molecule has 0 aromatic heterocycles. The summed E-state index contributed by atoms with van der Waals surface area (Å²) in [7, 11) is 0. The molecule has 14 heteroatoms. The van der Waals surface area contributed by atoms with E-state index in [1.54, 1.807) is 24.3 Å². The second-order valence-electron chi connectivity index (χ2n) is 12.3. The van der Waals surface area contributed by atoms with Gasteiger partial charge in [-0.1, -0.05) is 24.3 Å². The second kappa shape index (κ2) is 13.2. The Morgan fingerprint density at radius 1 is 0.787 bits per heavy atom. The Kier molecular flexibility index (Phi) is 9.73. The van der Waals surface area contributed by atoms with Crippen LogP contribution in [-0.2, 0) is 21.6 Å². The van der Waals surface area contributed by atoms with Crippen molar-refractivity contribution >= 4 is 0 Å². The Morgan fingerprint density at radius 3 is 1.68 bits per heavy atom. The number of alkyl halides is 6. The van der Waals surface area contributed by atoms with Crippen molar-refractivity contribution < 1.29 is 59.8 Å². The lowest BCUT2D eigenvalue weighted by Gasteiger charge is -2.50. The lowest BCUT2D eigenvalue weighted by atomic mass is 9.72. The highest BCUT2D eigenvalue weighted by atomic mass is 19.4. The van der Waals surface area contributed by atoms with Crippen LogP contribution >= 0.6 is 0 Å². The summed E-state index contributed by atoms with van der Waals surface area (Å²) >= 11 is 0. The van der Waals surface area contributed by atoms with Gasteiger partial charge in [0, 0.05) is 24.3 Å². The first-order valence-electron chi connectivity index (χ1n) is 15.0. The number of nitrogens with zero attached hydrogens (tertiary/aromatic N) is 1. The molecule has 0 aliphatic carbocycles. The molecule has 1 unspecified atom stereocenters. The molecule has 2 heterocycles. The minimum Gasteiger partial charge on any atom is -0.633 e. The Bertz CT molecular complexity index is 1410. The predicted octanol–water partition coefficient (Wildman–Crippen LogP) is 7.17. The lowest BCUT2D eigenvalue weighted by Crippen LogP contribution is -2.51. The number of likely N-dealkylation sites (tertiary alicyclic amines) is 1. The van der Waals surface area contributed by atoms with Gasteiger partial charge in [-0.05, 0) is 73.5 Å². The van der Waals surface area contributed by atoms with E-state index in [9.17, 15) is 36.7 Å². The van der Waals surface area contributed by atoms with E-state index in [4.69, 9.17) is 14.2 Å². The van der Waals surface area contributed by atoms with Crippen LogP contribution < -0.4 is 14.2 Å². The number of aliphatic hydroxyl groups is 1. The van der Waals surface area contributed by atoms with E-state index in [1.807, 2.05) is 13.8 Å². The Morgan fingerprint density at radius 2 is 1.26 bits per heavy atom. The summed E-state index contributed by atoms with van der Waals surface area (Å²) in [5, 5.41) is 26.0. The summed E-state index contributed by atoms with van der Waals surface area (Å²) < 4.78 is 101. The molecule has 0 amide bonds. The third-order valence-corrected chi connectivity index (χ3v) is 8.31. The largest absolute Gasteiger partial charge is 0.633 e. The van der Waals surface area contributed by atoms with Crippen LogP contribution in [-0.4, -0.2) is 60.7 Å². The Balaban J connectivity index is 1.28. The van der Waals surface area contributed by atoms with Gasteiger partial charge in [-0.3, -0.25) is 0 Å². The van der Waals surface area contributed by atoms with Gasteiger partial charge in [0.05, 0.1) is 19.7 Å². The Labute approximate surface area is 267 Å². The van der Waals surface area contributed by atoms with Gasteiger partial charge in [0.1, 0.15) is 42.1 Å². The number of hydroxylamine groups is 3. The number of rotatable bonds is 10. The highest BCUT2D eigenvalue weighted by Crippen LogP contribution is 2.44. The topological polar surface area (TPSA) is 89.4 Å². The zero-order valence-electron chi connectivity index (χ0n) is 25.6. The van der Waals surface area contributed by atoms with Crippen molar-refractivity contribution in [3.05, 3.63) is 94.7 Å². The van der Waals surface area contributed by atoms with E-state index < -0.39 is 46.2 Å². The smallest absolute Gasteiger partial charge is 0.573 e. The van der Waals surface area contributed by atoms with Gasteiger partial charge in [0.25, 0.3) is 0 Å². The zero-order valence-corrected chi connectivity index (χ0v) is 25.6. The number of quaternary nitrogens is 1. The first kappa shape index (κ1) is 34.8. The molecule has 0 spiro atoms. The van der Waals surface area contributed by atoms with Crippen LogP contribution in [0.1, 0.15) is 43.4 Å². The molecule has 2 saturated heterocycles. The van der Waals surface area contributed by atoms with Gasteiger partial charge in [0.2, 0.25) is 0 Å². The number of halogens is 6. The summed E-state index contributed by atoms with van der Waals surface area (Å²) in [5.41, 5.74) is -0.675. The molecule has 2 fully saturated rings. The Hall–Kier alpha value is -3.56. The summed E-state index contributed by atoms with van der Waals surface area (Å²) in [5.74, 6) is -1.63. The SMILES string of the molecule is CC1(C)OCC(COc2ccc(C[N+]3([O-])CCC(C(O)(c4ccc(OC(F)(F)F)cc4)c4ccc(OC(F)(F)F)cc4)CC3)cc2)O1. The first-order valence-corrected chi connectivity index (χ1v) is 15.0. The maximum atomic E-state index is 13.8. The normalized spacial score (nSPS) is 23.4. The van der Waals surface area contributed by atoms with Crippen LogP contribution in [0.2, 0.25) is 0 Å². The van der Waals surface area contributed by atoms with Crippen molar-refractivity contribution in [1.82, 2.24) is 0 Å². The number of hydrogen-bond donors (Lipinski definition) is 1. The highest BCUT2D eigenvalue weighted by molar-refractivity contribution is 5.42. The van der Waals surface area contributed by atoms with Gasteiger partial charge in [-0.15, -0.1) is 26.3 Å². The minimum absolute atomic E-state index is 0.116. The van der Waals surface area contributed by atoms with E-state index >= 15 is 0 Å². The first-order chi connectivity index (χ1) is 21.9. The van der Waals surface area contributed by atoms with Gasteiger partial charge in [0.15, 0.2) is 5.79 Å². The van der Waals surface area contributed by atoms with Crippen molar-refractivity contribution in [1.29, 1.82) is 0 Å². The molecule has 47 heavy (non-hydrogen) atoms. The van der Waals surface area contributed by atoms with Crippen LogP contribution in [0.4, 0.5) is 26.3 Å². The number of piperidine rings is 1. The third kappa shape index (κ3) is 9.08. The van der Waals surface area contributed by atoms with E-state index in [0.29, 0.717) is 19.0 Å². The monoisotopic (exact) mass is 671 g/mol. The van der Waals surface area contributed by atoms with Crippen LogP contribution in [0.3, 0.4) is 0 Å². The van der Waals surface area contributed by atoms with Gasteiger partial charge >= 0.3 is 12.7 Å². The third-order valence-electron chi connectivity index (χ3n) is 8.31.